The van der Waals surface area contributed by atoms with E-state index in [1.165, 1.54) is 16.2 Å². The molecule has 2 aromatic carbocycles. The fourth-order valence-electron chi connectivity index (χ4n) is 2.08. The van der Waals surface area contributed by atoms with Crippen molar-refractivity contribution in [3.8, 4) is 5.75 Å². The van der Waals surface area contributed by atoms with Gasteiger partial charge >= 0.3 is 0 Å². The van der Waals surface area contributed by atoms with Crippen LogP contribution in [0.1, 0.15) is 10.4 Å². The van der Waals surface area contributed by atoms with Gasteiger partial charge in [0.05, 0.1) is 22.9 Å². The van der Waals surface area contributed by atoms with Gasteiger partial charge in [-0.25, -0.2) is 4.98 Å². The van der Waals surface area contributed by atoms with E-state index in [-0.39, 0.29) is 5.91 Å². The molecule has 0 unspecified atom stereocenters. The van der Waals surface area contributed by atoms with Crippen LogP contribution in [0.5, 0.6) is 5.75 Å². The monoisotopic (exact) mass is 330 g/mol. The van der Waals surface area contributed by atoms with E-state index in [0.29, 0.717) is 16.4 Å². The van der Waals surface area contributed by atoms with Crippen LogP contribution in [0.2, 0.25) is 0 Å². The molecule has 1 N–H and O–H groups in total. The summed E-state index contributed by atoms with van der Waals surface area (Å²) in [6, 6.07) is 13.2. The Morgan fingerprint density at radius 1 is 1.27 bits per heavy atom. The number of anilines is 1. The fourth-order valence-corrected chi connectivity index (χ4v) is 3.50. The topological polar surface area (TPSA) is 51.2 Å². The van der Waals surface area contributed by atoms with Crippen molar-refractivity contribution >= 4 is 44.4 Å². The predicted octanol–water partition coefficient (Wildman–Crippen LogP) is 4.28. The SMILES string of the molecule is COc1ccccc1C(=O)Nc1nc2ccc(SC)cc2s1. The summed E-state index contributed by atoms with van der Waals surface area (Å²) < 4.78 is 6.27. The average Bonchev–Trinajstić information content (AvgIpc) is 2.95. The molecule has 112 valence electrons. The highest BCUT2D eigenvalue weighted by molar-refractivity contribution is 7.98. The lowest BCUT2D eigenvalue weighted by Crippen LogP contribution is -2.12. The van der Waals surface area contributed by atoms with Crippen LogP contribution in [0, 0.1) is 0 Å². The number of amides is 1. The summed E-state index contributed by atoms with van der Waals surface area (Å²) in [7, 11) is 1.55. The average molecular weight is 330 g/mol. The summed E-state index contributed by atoms with van der Waals surface area (Å²) in [6.07, 6.45) is 2.03. The number of hydrogen-bond donors (Lipinski definition) is 1. The molecule has 0 fully saturated rings. The van der Waals surface area contributed by atoms with Gasteiger partial charge in [-0.1, -0.05) is 23.5 Å². The Labute approximate surface area is 136 Å². The predicted molar refractivity (Wildman–Crippen MR) is 92.3 cm³/mol. The Balaban J connectivity index is 1.87. The van der Waals surface area contributed by atoms with Crippen LogP contribution in [0.15, 0.2) is 47.4 Å². The highest BCUT2D eigenvalue weighted by atomic mass is 32.2. The molecule has 0 bridgehead atoms. The Morgan fingerprint density at radius 2 is 2.09 bits per heavy atom. The quantitative estimate of drug-likeness (QED) is 0.726. The maximum atomic E-state index is 12.4. The first kappa shape index (κ1) is 14.9. The number of methoxy groups -OCH3 is 1. The molecular weight excluding hydrogens is 316 g/mol. The van der Waals surface area contributed by atoms with Gasteiger partial charge in [0.15, 0.2) is 5.13 Å². The van der Waals surface area contributed by atoms with Crippen LogP contribution in [-0.2, 0) is 0 Å². The molecule has 0 radical (unpaired) electrons. The smallest absolute Gasteiger partial charge is 0.261 e. The zero-order chi connectivity index (χ0) is 15.5. The minimum absolute atomic E-state index is 0.221. The van der Waals surface area contributed by atoms with E-state index in [1.54, 1.807) is 37.1 Å². The third-order valence-electron chi connectivity index (χ3n) is 3.17. The summed E-state index contributed by atoms with van der Waals surface area (Å²) in [5.41, 5.74) is 1.38. The van der Waals surface area contributed by atoms with Crippen molar-refractivity contribution in [3.63, 3.8) is 0 Å². The molecule has 4 nitrogen and oxygen atoms in total. The number of ether oxygens (including phenoxy) is 1. The van der Waals surface area contributed by atoms with Crippen molar-refractivity contribution in [1.29, 1.82) is 0 Å². The van der Waals surface area contributed by atoms with Crippen molar-refractivity contribution in [1.82, 2.24) is 4.98 Å². The normalized spacial score (nSPS) is 10.6. The number of rotatable bonds is 4. The van der Waals surface area contributed by atoms with Gasteiger partial charge in [-0.3, -0.25) is 10.1 Å². The Morgan fingerprint density at radius 3 is 2.86 bits per heavy atom. The molecule has 3 rings (SSSR count). The molecule has 0 atom stereocenters. The number of para-hydroxylation sites is 1. The molecule has 0 saturated carbocycles. The third kappa shape index (κ3) is 2.93. The number of aromatic nitrogens is 1. The van der Waals surface area contributed by atoms with Crippen molar-refractivity contribution in [2.75, 3.05) is 18.7 Å². The molecule has 1 aromatic heterocycles. The minimum Gasteiger partial charge on any atom is -0.496 e. The van der Waals surface area contributed by atoms with E-state index in [2.05, 4.69) is 16.4 Å². The van der Waals surface area contributed by atoms with E-state index < -0.39 is 0 Å². The van der Waals surface area contributed by atoms with Crippen molar-refractivity contribution < 1.29 is 9.53 Å². The molecular formula is C16H14N2O2S2. The first-order valence-electron chi connectivity index (χ1n) is 6.60. The van der Waals surface area contributed by atoms with Crippen molar-refractivity contribution in [3.05, 3.63) is 48.0 Å². The van der Waals surface area contributed by atoms with Crippen LogP contribution in [0.25, 0.3) is 10.2 Å². The van der Waals surface area contributed by atoms with E-state index in [0.717, 1.165) is 10.2 Å². The van der Waals surface area contributed by atoms with E-state index >= 15 is 0 Å². The number of fused-ring (bicyclic) bond motifs is 1. The van der Waals surface area contributed by atoms with Crippen LogP contribution >= 0.6 is 23.1 Å². The number of carbonyl (C=O) groups excluding carboxylic acids is 1. The van der Waals surface area contributed by atoms with Gasteiger partial charge < -0.3 is 4.74 Å². The lowest BCUT2D eigenvalue weighted by Gasteiger charge is -2.06. The molecule has 0 aliphatic carbocycles. The van der Waals surface area contributed by atoms with Gasteiger partial charge in [0.25, 0.3) is 5.91 Å². The van der Waals surface area contributed by atoms with Crippen LogP contribution < -0.4 is 10.1 Å². The van der Waals surface area contributed by atoms with Gasteiger partial charge in [0.2, 0.25) is 0 Å². The van der Waals surface area contributed by atoms with Crippen molar-refractivity contribution in [2.45, 2.75) is 4.90 Å². The fraction of sp³-hybridized carbons (Fsp3) is 0.125. The molecule has 6 heteroatoms. The van der Waals surface area contributed by atoms with Gasteiger partial charge in [-0.05, 0) is 36.6 Å². The number of thioether (sulfide) groups is 1. The zero-order valence-corrected chi connectivity index (χ0v) is 13.8. The summed E-state index contributed by atoms with van der Waals surface area (Å²) in [5.74, 6) is 0.326. The van der Waals surface area contributed by atoms with E-state index in [4.69, 9.17) is 4.74 Å². The molecule has 0 aliphatic rings. The number of hydrogen-bond acceptors (Lipinski definition) is 5. The Bertz CT molecular complexity index is 830. The second-order valence-electron chi connectivity index (χ2n) is 4.51. The third-order valence-corrected chi connectivity index (χ3v) is 4.83. The summed E-state index contributed by atoms with van der Waals surface area (Å²) in [5, 5.41) is 3.43. The maximum Gasteiger partial charge on any atom is 0.261 e. The molecule has 0 saturated heterocycles. The van der Waals surface area contributed by atoms with E-state index in [9.17, 15) is 4.79 Å². The van der Waals surface area contributed by atoms with Gasteiger partial charge in [0, 0.05) is 4.90 Å². The lowest BCUT2D eigenvalue weighted by molar-refractivity contribution is 0.102. The van der Waals surface area contributed by atoms with Crippen LogP contribution in [-0.4, -0.2) is 24.3 Å². The molecule has 0 spiro atoms. The first-order valence-corrected chi connectivity index (χ1v) is 8.64. The highest BCUT2D eigenvalue weighted by Crippen LogP contribution is 2.30. The highest BCUT2D eigenvalue weighted by Gasteiger charge is 2.14. The van der Waals surface area contributed by atoms with Gasteiger partial charge in [-0.15, -0.1) is 11.8 Å². The van der Waals surface area contributed by atoms with Gasteiger partial charge in [0.1, 0.15) is 5.75 Å². The summed E-state index contributed by atoms with van der Waals surface area (Å²) in [6.45, 7) is 0. The molecule has 0 aliphatic heterocycles. The number of nitrogens with one attached hydrogen (secondary N) is 1. The Kier molecular flexibility index (Phi) is 4.31. The maximum absolute atomic E-state index is 12.4. The summed E-state index contributed by atoms with van der Waals surface area (Å²) in [4.78, 5) is 18.0. The number of carbonyl (C=O) groups is 1. The Hall–Kier alpha value is -2.05. The standard InChI is InChI=1S/C16H14N2O2S2/c1-20-13-6-4-3-5-11(13)15(19)18-16-17-12-8-7-10(21-2)9-14(12)22-16/h3-9H,1-2H3,(H,17,18,19). The molecule has 1 amide bonds. The number of thiazole rings is 1. The molecule has 1 heterocycles. The number of benzene rings is 2. The largest absolute Gasteiger partial charge is 0.496 e. The summed E-state index contributed by atoms with van der Waals surface area (Å²) >= 11 is 3.15. The zero-order valence-electron chi connectivity index (χ0n) is 12.1. The van der Waals surface area contributed by atoms with Crippen molar-refractivity contribution in [2.24, 2.45) is 0 Å². The van der Waals surface area contributed by atoms with E-state index in [1.807, 2.05) is 24.5 Å². The van der Waals surface area contributed by atoms with Crippen LogP contribution in [0.3, 0.4) is 0 Å². The first-order chi connectivity index (χ1) is 10.7. The van der Waals surface area contributed by atoms with Gasteiger partial charge in [-0.2, -0.15) is 0 Å². The molecule has 3 aromatic rings. The second-order valence-corrected chi connectivity index (χ2v) is 6.42. The van der Waals surface area contributed by atoms with Crippen LogP contribution in [0.4, 0.5) is 5.13 Å². The number of nitrogens with zero attached hydrogens (tertiary/aromatic N) is 1. The minimum atomic E-state index is -0.221. The molecule has 22 heavy (non-hydrogen) atoms. The second kappa shape index (κ2) is 6.37. The lowest BCUT2D eigenvalue weighted by atomic mass is 10.2.